The standard InChI is InChI=1S/C23H29N5O2/c1-16-14-20(16)22(29)25-18-4-2-17(3-5-18)23(30)27-9-6-19(7-10-27)28-13-12-26-11-8-24-21(26)15-28/h2-5,8,11,16,19-20H,6-7,9-10,12-15H2,1H3,(H,25,29). The van der Waals surface area contributed by atoms with E-state index in [4.69, 9.17) is 0 Å². The van der Waals surface area contributed by atoms with E-state index in [0.29, 0.717) is 17.5 Å². The molecule has 1 N–H and O–H groups in total. The lowest BCUT2D eigenvalue weighted by Crippen LogP contribution is -2.48. The maximum atomic E-state index is 12.9. The molecule has 1 saturated heterocycles. The molecule has 2 fully saturated rings. The smallest absolute Gasteiger partial charge is 0.253 e. The number of carbonyl (C=O) groups is 2. The first-order valence-electron chi connectivity index (χ1n) is 11.0. The van der Waals surface area contributed by atoms with Crippen LogP contribution in [-0.4, -0.2) is 56.8 Å². The van der Waals surface area contributed by atoms with Gasteiger partial charge in [-0.25, -0.2) is 4.98 Å². The molecule has 1 aromatic heterocycles. The van der Waals surface area contributed by atoms with Crippen molar-refractivity contribution in [2.24, 2.45) is 11.8 Å². The molecule has 158 valence electrons. The minimum absolute atomic E-state index is 0.0799. The average Bonchev–Trinajstić information content (AvgIpc) is 3.33. The number of benzene rings is 1. The molecule has 1 aromatic carbocycles. The molecule has 7 nitrogen and oxygen atoms in total. The summed E-state index contributed by atoms with van der Waals surface area (Å²) >= 11 is 0. The van der Waals surface area contributed by atoms with Crippen molar-refractivity contribution >= 4 is 17.5 Å². The molecule has 2 aliphatic heterocycles. The first kappa shape index (κ1) is 19.3. The first-order chi connectivity index (χ1) is 14.6. The molecule has 0 radical (unpaired) electrons. The zero-order valence-electron chi connectivity index (χ0n) is 17.5. The van der Waals surface area contributed by atoms with Gasteiger partial charge in [0.15, 0.2) is 0 Å². The topological polar surface area (TPSA) is 70.5 Å². The number of likely N-dealkylation sites (tertiary alicyclic amines) is 1. The molecule has 7 heteroatoms. The molecule has 2 amide bonds. The number of rotatable bonds is 4. The molecule has 1 aliphatic carbocycles. The SMILES string of the molecule is CC1CC1C(=O)Nc1ccc(C(=O)N2CCC(N3CCn4ccnc4C3)CC2)cc1. The number of amides is 2. The van der Waals surface area contributed by atoms with Crippen LogP contribution in [0.2, 0.25) is 0 Å². The van der Waals surface area contributed by atoms with Crippen LogP contribution in [0.15, 0.2) is 36.7 Å². The molecular formula is C23H29N5O2. The monoisotopic (exact) mass is 407 g/mol. The second-order valence-corrected chi connectivity index (χ2v) is 8.92. The number of nitrogens with one attached hydrogen (secondary N) is 1. The first-order valence-corrected chi connectivity index (χ1v) is 11.0. The van der Waals surface area contributed by atoms with Crippen LogP contribution < -0.4 is 5.32 Å². The average molecular weight is 408 g/mol. The van der Waals surface area contributed by atoms with Crippen molar-refractivity contribution in [1.29, 1.82) is 0 Å². The van der Waals surface area contributed by atoms with Gasteiger partial charge in [-0.2, -0.15) is 0 Å². The Morgan fingerprint density at radius 2 is 1.80 bits per heavy atom. The highest BCUT2D eigenvalue weighted by molar-refractivity contribution is 5.97. The second-order valence-electron chi connectivity index (χ2n) is 8.92. The Balaban J connectivity index is 1.13. The van der Waals surface area contributed by atoms with E-state index in [1.54, 1.807) is 0 Å². The normalized spacial score (nSPS) is 24.4. The van der Waals surface area contributed by atoms with Gasteiger partial charge in [0.05, 0.1) is 6.54 Å². The highest BCUT2D eigenvalue weighted by Gasteiger charge is 2.39. The van der Waals surface area contributed by atoms with Crippen molar-refractivity contribution in [3.63, 3.8) is 0 Å². The summed E-state index contributed by atoms with van der Waals surface area (Å²) in [6.07, 6.45) is 6.90. The summed E-state index contributed by atoms with van der Waals surface area (Å²) in [5.41, 5.74) is 1.45. The fraction of sp³-hybridized carbons (Fsp3) is 0.522. The molecule has 30 heavy (non-hydrogen) atoms. The van der Waals surface area contributed by atoms with Gasteiger partial charge in [-0.15, -0.1) is 0 Å². The third-order valence-electron chi connectivity index (χ3n) is 6.89. The van der Waals surface area contributed by atoms with Crippen LogP contribution in [0.5, 0.6) is 0 Å². The Labute approximate surface area is 177 Å². The fourth-order valence-corrected chi connectivity index (χ4v) is 4.74. The van der Waals surface area contributed by atoms with Gasteiger partial charge in [0.2, 0.25) is 5.91 Å². The fourth-order valence-electron chi connectivity index (χ4n) is 4.74. The van der Waals surface area contributed by atoms with Crippen molar-refractivity contribution in [2.45, 2.75) is 45.3 Å². The number of hydrogen-bond acceptors (Lipinski definition) is 4. The van der Waals surface area contributed by atoms with E-state index in [1.807, 2.05) is 35.4 Å². The van der Waals surface area contributed by atoms with E-state index in [-0.39, 0.29) is 17.7 Å². The van der Waals surface area contributed by atoms with E-state index in [0.717, 1.165) is 63.5 Å². The number of aromatic nitrogens is 2. The predicted molar refractivity (Wildman–Crippen MR) is 114 cm³/mol. The predicted octanol–water partition coefficient (Wildman–Crippen LogP) is 2.60. The molecule has 5 rings (SSSR count). The van der Waals surface area contributed by atoms with Gasteiger partial charge in [-0.05, 0) is 49.4 Å². The van der Waals surface area contributed by atoms with Crippen LogP contribution in [0, 0.1) is 11.8 Å². The molecule has 0 spiro atoms. The third kappa shape index (κ3) is 3.86. The second kappa shape index (κ2) is 7.87. The van der Waals surface area contributed by atoms with Crippen LogP contribution in [-0.2, 0) is 17.9 Å². The molecule has 2 unspecified atom stereocenters. The summed E-state index contributed by atoms with van der Waals surface area (Å²) in [6, 6.07) is 7.83. The Bertz CT molecular complexity index is 929. The van der Waals surface area contributed by atoms with Crippen LogP contribution in [0.1, 0.15) is 42.4 Å². The Morgan fingerprint density at radius 1 is 1.07 bits per heavy atom. The number of carbonyl (C=O) groups excluding carboxylic acids is 2. The maximum absolute atomic E-state index is 12.9. The molecule has 0 bridgehead atoms. The zero-order chi connectivity index (χ0) is 20.7. The van der Waals surface area contributed by atoms with Crippen molar-refractivity contribution in [1.82, 2.24) is 19.4 Å². The van der Waals surface area contributed by atoms with Gasteiger partial charge in [0.25, 0.3) is 5.91 Å². The van der Waals surface area contributed by atoms with Gasteiger partial charge in [-0.1, -0.05) is 6.92 Å². The van der Waals surface area contributed by atoms with E-state index < -0.39 is 0 Å². The van der Waals surface area contributed by atoms with E-state index in [2.05, 4.69) is 32.9 Å². The Hall–Kier alpha value is -2.67. The lowest BCUT2D eigenvalue weighted by Gasteiger charge is -2.40. The molecule has 2 aromatic rings. The van der Waals surface area contributed by atoms with Crippen molar-refractivity contribution in [3.05, 3.63) is 48.0 Å². The highest BCUT2D eigenvalue weighted by atomic mass is 16.2. The quantitative estimate of drug-likeness (QED) is 0.846. The van der Waals surface area contributed by atoms with E-state index in [1.165, 1.54) is 0 Å². The minimum atomic E-state index is 0.0799. The summed E-state index contributed by atoms with van der Waals surface area (Å²) in [6.45, 7) is 6.61. The van der Waals surface area contributed by atoms with Crippen LogP contribution >= 0.6 is 0 Å². The lowest BCUT2D eigenvalue weighted by molar-refractivity contribution is -0.117. The zero-order valence-corrected chi connectivity index (χ0v) is 17.5. The number of imidazole rings is 1. The number of piperidine rings is 1. The number of nitrogens with zero attached hydrogens (tertiary/aromatic N) is 4. The van der Waals surface area contributed by atoms with E-state index in [9.17, 15) is 9.59 Å². The van der Waals surface area contributed by atoms with E-state index >= 15 is 0 Å². The Kier molecular flexibility index (Phi) is 5.06. The highest BCUT2D eigenvalue weighted by Crippen LogP contribution is 2.38. The summed E-state index contributed by atoms with van der Waals surface area (Å²) in [4.78, 5) is 33.9. The van der Waals surface area contributed by atoms with Gasteiger partial charge in [0, 0.05) is 61.8 Å². The minimum Gasteiger partial charge on any atom is -0.339 e. The molecule has 1 saturated carbocycles. The van der Waals surface area contributed by atoms with Crippen molar-refractivity contribution in [2.75, 3.05) is 25.0 Å². The van der Waals surface area contributed by atoms with Crippen LogP contribution in [0.4, 0.5) is 5.69 Å². The molecular weight excluding hydrogens is 378 g/mol. The summed E-state index contributed by atoms with van der Waals surface area (Å²) in [7, 11) is 0. The van der Waals surface area contributed by atoms with Crippen molar-refractivity contribution in [3.8, 4) is 0 Å². The van der Waals surface area contributed by atoms with Crippen molar-refractivity contribution < 1.29 is 9.59 Å². The third-order valence-corrected chi connectivity index (χ3v) is 6.89. The lowest BCUT2D eigenvalue weighted by atomic mass is 10.0. The van der Waals surface area contributed by atoms with Gasteiger partial charge < -0.3 is 14.8 Å². The summed E-state index contributed by atoms with van der Waals surface area (Å²) in [5, 5.41) is 2.95. The van der Waals surface area contributed by atoms with Crippen LogP contribution in [0.25, 0.3) is 0 Å². The van der Waals surface area contributed by atoms with Gasteiger partial charge >= 0.3 is 0 Å². The van der Waals surface area contributed by atoms with Gasteiger partial charge in [-0.3, -0.25) is 14.5 Å². The number of anilines is 1. The summed E-state index contributed by atoms with van der Waals surface area (Å²) < 4.78 is 2.23. The number of fused-ring (bicyclic) bond motifs is 1. The van der Waals surface area contributed by atoms with Crippen LogP contribution in [0.3, 0.4) is 0 Å². The molecule has 3 heterocycles. The molecule has 3 aliphatic rings. The maximum Gasteiger partial charge on any atom is 0.253 e. The molecule has 2 atom stereocenters. The number of hydrogen-bond donors (Lipinski definition) is 1. The summed E-state index contributed by atoms with van der Waals surface area (Å²) in [5.74, 6) is 1.94. The van der Waals surface area contributed by atoms with Gasteiger partial charge in [0.1, 0.15) is 5.82 Å². The Morgan fingerprint density at radius 3 is 2.50 bits per heavy atom. The largest absolute Gasteiger partial charge is 0.339 e.